The third-order valence-electron chi connectivity index (χ3n) is 7.20. The Labute approximate surface area is 238 Å². The molecule has 3 amide bonds. The molecule has 0 saturated carbocycles. The van der Waals surface area contributed by atoms with Crippen LogP contribution in [-0.4, -0.2) is 69.2 Å². The first kappa shape index (κ1) is 31.3. The standard InChI is InChI=1S/C30H39N5O6/c1-4-17(2)25(34-27(37)22(31)15-20-16-32-23-13-9-8-12-21(20)23)28(38)35-26(18(3)36)29(39)33-24(30(40)41)14-19-10-6-5-7-11-19/h5-13,16-18,22,24-26,32,36H,4,14-15,31H2,1-3H3,(H,33,39)(H,34,37)(H,35,38)(H,40,41). The van der Waals surface area contributed by atoms with E-state index >= 15 is 0 Å². The molecule has 1 heterocycles. The highest BCUT2D eigenvalue weighted by atomic mass is 16.4. The lowest BCUT2D eigenvalue weighted by Gasteiger charge is -2.29. The van der Waals surface area contributed by atoms with E-state index in [1.54, 1.807) is 43.5 Å². The molecule has 220 valence electrons. The summed E-state index contributed by atoms with van der Waals surface area (Å²) in [7, 11) is 0. The van der Waals surface area contributed by atoms with Gasteiger partial charge < -0.3 is 36.9 Å². The van der Waals surface area contributed by atoms with Crippen molar-refractivity contribution in [3.8, 4) is 0 Å². The first-order valence-electron chi connectivity index (χ1n) is 13.7. The molecule has 0 aliphatic heterocycles. The van der Waals surface area contributed by atoms with Crippen LogP contribution in [0.1, 0.15) is 38.3 Å². The summed E-state index contributed by atoms with van der Waals surface area (Å²) in [6.07, 6.45) is 1.23. The van der Waals surface area contributed by atoms with Gasteiger partial charge in [0.05, 0.1) is 12.1 Å². The molecule has 3 aromatic rings. The largest absolute Gasteiger partial charge is 0.480 e. The number of aliphatic hydroxyl groups excluding tert-OH is 1. The number of hydrogen-bond acceptors (Lipinski definition) is 6. The van der Waals surface area contributed by atoms with Crippen LogP contribution in [0.3, 0.4) is 0 Å². The van der Waals surface area contributed by atoms with Gasteiger partial charge in [0.2, 0.25) is 17.7 Å². The molecule has 41 heavy (non-hydrogen) atoms. The van der Waals surface area contributed by atoms with Gasteiger partial charge in [-0.25, -0.2) is 4.79 Å². The van der Waals surface area contributed by atoms with Crippen LogP contribution < -0.4 is 21.7 Å². The zero-order valence-electron chi connectivity index (χ0n) is 23.5. The second-order valence-electron chi connectivity index (χ2n) is 10.4. The number of carbonyl (C=O) groups excluding carboxylic acids is 3. The summed E-state index contributed by atoms with van der Waals surface area (Å²) < 4.78 is 0. The van der Waals surface area contributed by atoms with Gasteiger partial charge in [0.15, 0.2) is 0 Å². The van der Waals surface area contributed by atoms with Crippen molar-refractivity contribution in [2.45, 2.75) is 70.3 Å². The molecule has 0 radical (unpaired) electrons. The van der Waals surface area contributed by atoms with Crippen molar-refractivity contribution in [1.29, 1.82) is 0 Å². The van der Waals surface area contributed by atoms with Gasteiger partial charge in [0.1, 0.15) is 18.1 Å². The summed E-state index contributed by atoms with van der Waals surface area (Å²) in [5.74, 6) is -3.68. The monoisotopic (exact) mass is 565 g/mol. The number of amides is 3. The average molecular weight is 566 g/mol. The molecule has 0 aliphatic carbocycles. The number of para-hydroxylation sites is 1. The molecule has 0 fully saturated rings. The maximum atomic E-state index is 13.3. The van der Waals surface area contributed by atoms with E-state index in [-0.39, 0.29) is 18.8 Å². The number of nitrogens with two attached hydrogens (primary N) is 1. The van der Waals surface area contributed by atoms with Gasteiger partial charge in [-0.1, -0.05) is 68.8 Å². The van der Waals surface area contributed by atoms with Crippen LogP contribution in [0.2, 0.25) is 0 Å². The second kappa shape index (κ2) is 14.4. The van der Waals surface area contributed by atoms with E-state index in [9.17, 15) is 29.4 Å². The van der Waals surface area contributed by atoms with E-state index in [1.807, 2.05) is 31.2 Å². The van der Waals surface area contributed by atoms with E-state index in [0.29, 0.717) is 12.0 Å². The Morgan fingerprint density at radius 1 is 0.854 bits per heavy atom. The quantitative estimate of drug-likeness (QED) is 0.153. The Morgan fingerprint density at radius 3 is 2.10 bits per heavy atom. The van der Waals surface area contributed by atoms with Crippen LogP contribution in [0.5, 0.6) is 0 Å². The van der Waals surface area contributed by atoms with Crippen molar-refractivity contribution in [1.82, 2.24) is 20.9 Å². The van der Waals surface area contributed by atoms with Crippen molar-refractivity contribution in [2.75, 3.05) is 0 Å². The fourth-order valence-electron chi connectivity index (χ4n) is 4.55. The Kier molecular flexibility index (Phi) is 11.0. The summed E-state index contributed by atoms with van der Waals surface area (Å²) in [4.78, 5) is 54.4. The van der Waals surface area contributed by atoms with Crippen molar-refractivity contribution in [2.24, 2.45) is 11.7 Å². The number of carboxylic acids is 1. The van der Waals surface area contributed by atoms with Crippen LogP contribution in [-0.2, 0) is 32.0 Å². The number of hydrogen-bond donors (Lipinski definition) is 7. The first-order valence-corrected chi connectivity index (χ1v) is 13.7. The predicted octanol–water partition coefficient (Wildman–Crippen LogP) is 1.25. The predicted molar refractivity (Wildman–Crippen MR) is 155 cm³/mol. The number of carbonyl (C=O) groups is 4. The molecular formula is C30H39N5O6. The highest BCUT2D eigenvalue weighted by Crippen LogP contribution is 2.19. The number of H-pyrrole nitrogens is 1. The maximum absolute atomic E-state index is 13.3. The number of fused-ring (bicyclic) bond motifs is 1. The lowest BCUT2D eigenvalue weighted by Crippen LogP contribution is -2.61. The molecule has 6 atom stereocenters. The Bertz CT molecular complexity index is 1340. The van der Waals surface area contributed by atoms with Crippen LogP contribution in [0, 0.1) is 5.92 Å². The molecule has 0 aliphatic rings. The van der Waals surface area contributed by atoms with Gasteiger partial charge in [-0.2, -0.15) is 0 Å². The minimum Gasteiger partial charge on any atom is -0.480 e. The summed E-state index contributed by atoms with van der Waals surface area (Å²) in [6, 6.07) is 11.7. The maximum Gasteiger partial charge on any atom is 0.326 e. The molecule has 0 spiro atoms. The van der Waals surface area contributed by atoms with Gasteiger partial charge in [-0.05, 0) is 36.5 Å². The fraction of sp³-hybridized carbons (Fsp3) is 0.400. The minimum atomic E-state index is -1.46. The zero-order valence-corrected chi connectivity index (χ0v) is 23.5. The lowest BCUT2D eigenvalue weighted by atomic mass is 9.96. The third-order valence-corrected chi connectivity index (χ3v) is 7.20. The van der Waals surface area contributed by atoms with Crippen molar-refractivity contribution < 1.29 is 29.4 Å². The molecular weight excluding hydrogens is 526 g/mol. The Balaban J connectivity index is 1.68. The topological polar surface area (TPSA) is 187 Å². The summed E-state index contributed by atoms with van der Waals surface area (Å²) in [6.45, 7) is 4.93. The number of rotatable bonds is 14. The first-order chi connectivity index (χ1) is 19.5. The molecule has 0 saturated heterocycles. The van der Waals surface area contributed by atoms with Gasteiger partial charge in [-0.15, -0.1) is 0 Å². The number of aromatic nitrogens is 1. The van der Waals surface area contributed by atoms with Gasteiger partial charge in [-0.3, -0.25) is 14.4 Å². The minimum absolute atomic E-state index is 0.0161. The van der Waals surface area contributed by atoms with Gasteiger partial charge in [0, 0.05) is 23.5 Å². The van der Waals surface area contributed by atoms with Gasteiger partial charge in [0.25, 0.3) is 0 Å². The van der Waals surface area contributed by atoms with Crippen LogP contribution in [0.4, 0.5) is 0 Å². The Morgan fingerprint density at radius 2 is 1.46 bits per heavy atom. The number of aromatic amines is 1. The van der Waals surface area contributed by atoms with E-state index in [1.165, 1.54) is 6.92 Å². The molecule has 2 aromatic carbocycles. The van der Waals surface area contributed by atoms with E-state index in [2.05, 4.69) is 20.9 Å². The lowest BCUT2D eigenvalue weighted by molar-refractivity contribution is -0.143. The van der Waals surface area contributed by atoms with Crippen molar-refractivity contribution in [3.63, 3.8) is 0 Å². The van der Waals surface area contributed by atoms with Crippen LogP contribution in [0.15, 0.2) is 60.8 Å². The molecule has 0 bridgehead atoms. The molecule has 1 aromatic heterocycles. The number of aliphatic carboxylic acids is 1. The smallest absolute Gasteiger partial charge is 0.326 e. The fourth-order valence-corrected chi connectivity index (χ4v) is 4.55. The molecule has 3 rings (SSSR count). The van der Waals surface area contributed by atoms with Gasteiger partial charge >= 0.3 is 5.97 Å². The average Bonchev–Trinajstić information content (AvgIpc) is 3.36. The van der Waals surface area contributed by atoms with Crippen LogP contribution in [0.25, 0.3) is 10.9 Å². The van der Waals surface area contributed by atoms with Crippen molar-refractivity contribution >= 4 is 34.6 Å². The van der Waals surface area contributed by atoms with Crippen LogP contribution >= 0.6 is 0 Å². The molecule has 8 N–H and O–H groups in total. The normalized spacial score (nSPS) is 15.6. The van der Waals surface area contributed by atoms with E-state index in [0.717, 1.165) is 16.5 Å². The van der Waals surface area contributed by atoms with Crippen molar-refractivity contribution in [3.05, 3.63) is 71.9 Å². The summed E-state index contributed by atoms with van der Waals surface area (Å²) >= 11 is 0. The highest BCUT2D eigenvalue weighted by molar-refractivity contribution is 5.95. The molecule has 11 nitrogen and oxygen atoms in total. The number of carboxylic acid groups (broad SMARTS) is 1. The number of aliphatic hydroxyl groups is 1. The third kappa shape index (κ3) is 8.38. The molecule has 6 unspecified atom stereocenters. The Hall–Kier alpha value is -4.22. The SMILES string of the molecule is CCC(C)C(NC(=O)C(N)Cc1c[nH]c2ccccc12)C(=O)NC(C(=O)NC(Cc1ccccc1)C(=O)O)C(C)O. The zero-order chi connectivity index (χ0) is 30.1. The summed E-state index contributed by atoms with van der Waals surface area (Å²) in [5.41, 5.74) is 8.69. The van der Waals surface area contributed by atoms with E-state index < -0.39 is 54.0 Å². The highest BCUT2D eigenvalue weighted by Gasteiger charge is 2.34. The second-order valence-corrected chi connectivity index (χ2v) is 10.4. The molecule has 11 heteroatoms. The summed E-state index contributed by atoms with van der Waals surface area (Å²) in [5, 5.41) is 28.5. The number of nitrogens with one attached hydrogen (secondary N) is 4. The number of benzene rings is 2. The van der Waals surface area contributed by atoms with E-state index in [4.69, 9.17) is 5.73 Å².